The Morgan fingerprint density at radius 3 is 3.11 bits per heavy atom. The van der Waals surface area contributed by atoms with Crippen LogP contribution in [0.5, 0.6) is 5.75 Å². The molecule has 1 aromatic heterocycles. The molecule has 1 aromatic carbocycles. The molecule has 0 bridgehead atoms. The van der Waals surface area contributed by atoms with Crippen molar-refractivity contribution in [3.05, 3.63) is 30.5 Å². The van der Waals surface area contributed by atoms with Crippen LogP contribution in [0.4, 0.5) is 5.82 Å². The molecule has 1 atom stereocenters. The van der Waals surface area contributed by atoms with E-state index in [9.17, 15) is 5.11 Å². The second-order valence-corrected chi connectivity index (χ2v) is 4.75. The van der Waals surface area contributed by atoms with Gasteiger partial charge in [0.25, 0.3) is 0 Å². The minimum atomic E-state index is 0.291. The van der Waals surface area contributed by atoms with Crippen LogP contribution in [0.1, 0.15) is 12.8 Å². The van der Waals surface area contributed by atoms with Crippen molar-refractivity contribution < 1.29 is 5.11 Å². The van der Waals surface area contributed by atoms with Gasteiger partial charge in [-0.25, -0.2) is 4.98 Å². The first-order chi connectivity index (χ1) is 8.83. The lowest BCUT2D eigenvalue weighted by Crippen LogP contribution is -2.38. The van der Waals surface area contributed by atoms with Gasteiger partial charge in [0.1, 0.15) is 11.6 Å². The topological polar surface area (TPSA) is 57.2 Å². The maximum absolute atomic E-state index is 9.49. The van der Waals surface area contributed by atoms with Gasteiger partial charge in [-0.1, -0.05) is 0 Å². The lowest BCUT2D eigenvalue weighted by atomic mass is 10.1. The number of nitrogens with one attached hydrogen (secondary N) is 2. The van der Waals surface area contributed by atoms with Gasteiger partial charge in [0.2, 0.25) is 0 Å². The fourth-order valence-corrected chi connectivity index (χ4v) is 2.45. The van der Waals surface area contributed by atoms with Crippen LogP contribution < -0.4 is 10.6 Å². The summed E-state index contributed by atoms with van der Waals surface area (Å²) in [6, 6.07) is 7.73. The Bertz CT molecular complexity index is 550. The van der Waals surface area contributed by atoms with Gasteiger partial charge in [-0.2, -0.15) is 0 Å². The fourth-order valence-electron chi connectivity index (χ4n) is 2.45. The number of nitrogens with zero attached hydrogens (tertiary/aromatic N) is 1. The van der Waals surface area contributed by atoms with E-state index in [1.165, 1.54) is 12.8 Å². The molecule has 1 saturated heterocycles. The number of hydrogen-bond acceptors (Lipinski definition) is 4. The molecule has 1 fully saturated rings. The lowest BCUT2D eigenvalue weighted by Gasteiger charge is -2.24. The van der Waals surface area contributed by atoms with Crippen LogP contribution in [-0.4, -0.2) is 29.2 Å². The first-order valence-electron chi connectivity index (χ1n) is 6.38. The van der Waals surface area contributed by atoms with Crippen LogP contribution in [0.2, 0.25) is 0 Å². The van der Waals surface area contributed by atoms with Crippen LogP contribution in [0.3, 0.4) is 0 Å². The van der Waals surface area contributed by atoms with Crippen molar-refractivity contribution in [2.75, 3.05) is 18.4 Å². The van der Waals surface area contributed by atoms with Gasteiger partial charge in [-0.3, -0.25) is 0 Å². The molecule has 0 spiro atoms. The Hall–Kier alpha value is -1.81. The predicted octanol–water partition coefficient (Wildman–Crippen LogP) is 2.10. The van der Waals surface area contributed by atoms with Crippen LogP contribution in [0.25, 0.3) is 10.8 Å². The molecule has 94 valence electrons. The number of aromatic nitrogens is 1. The molecule has 4 nitrogen and oxygen atoms in total. The Balaban J connectivity index is 1.91. The van der Waals surface area contributed by atoms with Crippen LogP contribution in [0, 0.1) is 0 Å². The summed E-state index contributed by atoms with van der Waals surface area (Å²) in [5, 5.41) is 18.4. The molecule has 1 aliphatic rings. The molecular weight excluding hydrogens is 226 g/mol. The van der Waals surface area contributed by atoms with E-state index in [0.29, 0.717) is 11.8 Å². The third kappa shape index (κ3) is 2.24. The van der Waals surface area contributed by atoms with Gasteiger partial charge in [0.05, 0.1) is 0 Å². The fraction of sp³-hybridized carbons (Fsp3) is 0.357. The van der Waals surface area contributed by atoms with Crippen molar-refractivity contribution in [1.82, 2.24) is 10.3 Å². The Morgan fingerprint density at radius 2 is 2.28 bits per heavy atom. The molecule has 18 heavy (non-hydrogen) atoms. The van der Waals surface area contributed by atoms with Crippen molar-refractivity contribution in [3.8, 4) is 5.75 Å². The highest BCUT2D eigenvalue weighted by atomic mass is 16.3. The summed E-state index contributed by atoms with van der Waals surface area (Å²) in [5.41, 5.74) is 0. The van der Waals surface area contributed by atoms with E-state index in [0.717, 1.165) is 29.7 Å². The Kier molecular flexibility index (Phi) is 3.02. The molecule has 3 rings (SSSR count). The van der Waals surface area contributed by atoms with Gasteiger partial charge in [0.15, 0.2) is 0 Å². The van der Waals surface area contributed by atoms with Crippen molar-refractivity contribution in [2.45, 2.75) is 18.9 Å². The van der Waals surface area contributed by atoms with Gasteiger partial charge < -0.3 is 15.7 Å². The minimum absolute atomic E-state index is 0.291. The number of benzene rings is 1. The normalized spacial score (nSPS) is 19.9. The van der Waals surface area contributed by atoms with Gasteiger partial charge in [-0.05, 0) is 49.0 Å². The van der Waals surface area contributed by atoms with Crippen LogP contribution in [0.15, 0.2) is 30.5 Å². The summed E-state index contributed by atoms with van der Waals surface area (Å²) in [6.45, 7) is 2.09. The number of aromatic hydroxyl groups is 1. The molecule has 3 N–H and O–H groups in total. The van der Waals surface area contributed by atoms with Gasteiger partial charge in [0, 0.05) is 24.2 Å². The van der Waals surface area contributed by atoms with E-state index in [1.54, 1.807) is 18.3 Å². The van der Waals surface area contributed by atoms with Gasteiger partial charge in [-0.15, -0.1) is 0 Å². The number of rotatable bonds is 2. The molecule has 0 saturated carbocycles. The maximum Gasteiger partial charge on any atom is 0.134 e. The average molecular weight is 243 g/mol. The first-order valence-corrected chi connectivity index (χ1v) is 6.38. The maximum atomic E-state index is 9.49. The van der Waals surface area contributed by atoms with E-state index < -0.39 is 0 Å². The molecule has 1 aliphatic heterocycles. The van der Waals surface area contributed by atoms with Crippen molar-refractivity contribution in [2.24, 2.45) is 0 Å². The largest absolute Gasteiger partial charge is 0.508 e. The molecule has 2 heterocycles. The summed E-state index contributed by atoms with van der Waals surface area (Å²) in [5.74, 6) is 1.19. The Labute approximate surface area is 106 Å². The zero-order valence-electron chi connectivity index (χ0n) is 10.2. The highest BCUT2D eigenvalue weighted by Crippen LogP contribution is 2.25. The smallest absolute Gasteiger partial charge is 0.134 e. The molecule has 4 heteroatoms. The zero-order valence-corrected chi connectivity index (χ0v) is 10.2. The monoisotopic (exact) mass is 243 g/mol. The van der Waals surface area contributed by atoms with E-state index in [4.69, 9.17) is 0 Å². The third-order valence-corrected chi connectivity index (χ3v) is 3.39. The number of hydrogen-bond donors (Lipinski definition) is 3. The number of pyridine rings is 1. The summed E-state index contributed by atoms with van der Waals surface area (Å²) in [7, 11) is 0. The standard InChI is InChI=1S/C14H17N3O/c18-12-3-4-13-10(8-12)5-7-16-14(13)17-11-2-1-6-15-9-11/h3-5,7-8,11,15,18H,1-2,6,9H2,(H,16,17). The lowest BCUT2D eigenvalue weighted by molar-refractivity contribution is 0.476. The van der Waals surface area contributed by atoms with Crippen LogP contribution >= 0.6 is 0 Å². The molecule has 0 amide bonds. The zero-order chi connectivity index (χ0) is 12.4. The molecule has 1 unspecified atom stereocenters. The second kappa shape index (κ2) is 4.82. The summed E-state index contributed by atoms with van der Waals surface area (Å²) in [6.07, 6.45) is 4.15. The quantitative estimate of drug-likeness (QED) is 0.756. The predicted molar refractivity (Wildman–Crippen MR) is 72.9 cm³/mol. The second-order valence-electron chi connectivity index (χ2n) is 4.75. The Morgan fingerprint density at radius 1 is 1.33 bits per heavy atom. The van der Waals surface area contributed by atoms with Crippen LogP contribution in [-0.2, 0) is 0 Å². The highest BCUT2D eigenvalue weighted by Gasteiger charge is 2.14. The number of anilines is 1. The van der Waals surface area contributed by atoms with E-state index in [1.807, 2.05) is 12.1 Å². The van der Waals surface area contributed by atoms with E-state index in [-0.39, 0.29) is 0 Å². The number of piperidine rings is 1. The number of phenolic OH excluding ortho intramolecular Hbond substituents is 1. The minimum Gasteiger partial charge on any atom is -0.508 e. The number of fused-ring (bicyclic) bond motifs is 1. The van der Waals surface area contributed by atoms with Gasteiger partial charge >= 0.3 is 0 Å². The van der Waals surface area contributed by atoms with E-state index in [2.05, 4.69) is 15.6 Å². The summed E-state index contributed by atoms with van der Waals surface area (Å²) >= 11 is 0. The molecule has 0 radical (unpaired) electrons. The third-order valence-electron chi connectivity index (χ3n) is 3.39. The van der Waals surface area contributed by atoms with E-state index >= 15 is 0 Å². The summed E-state index contributed by atoms with van der Waals surface area (Å²) < 4.78 is 0. The summed E-state index contributed by atoms with van der Waals surface area (Å²) in [4.78, 5) is 4.41. The first kappa shape index (κ1) is 11.3. The average Bonchev–Trinajstić information content (AvgIpc) is 2.40. The highest BCUT2D eigenvalue weighted by molar-refractivity contribution is 5.92. The SMILES string of the molecule is Oc1ccc2c(NC3CCCNC3)nccc2c1. The molecular formula is C14H17N3O. The van der Waals surface area contributed by atoms with Crippen molar-refractivity contribution >= 4 is 16.6 Å². The van der Waals surface area contributed by atoms with Crippen molar-refractivity contribution in [1.29, 1.82) is 0 Å². The van der Waals surface area contributed by atoms with Crippen molar-refractivity contribution in [3.63, 3.8) is 0 Å². The molecule has 0 aliphatic carbocycles. The molecule has 2 aromatic rings. The number of phenols is 1.